The molecule has 0 saturated heterocycles. The Bertz CT molecular complexity index is 989. The summed E-state index contributed by atoms with van der Waals surface area (Å²) in [4.78, 5) is 1.11. The van der Waals surface area contributed by atoms with Gasteiger partial charge in [0.25, 0.3) is 0 Å². The zero-order valence-electron chi connectivity index (χ0n) is 13.2. The number of aryl methyl sites for hydroxylation is 1. The molecule has 5 heteroatoms. The third-order valence-corrected chi connectivity index (χ3v) is 5.50. The van der Waals surface area contributed by atoms with Crippen LogP contribution in [-0.4, -0.2) is 14.8 Å². The Morgan fingerprint density at radius 1 is 1.00 bits per heavy atom. The lowest BCUT2D eigenvalue weighted by Crippen LogP contribution is -2.00. The quantitative estimate of drug-likeness (QED) is 0.431. The third kappa shape index (κ3) is 2.58. The summed E-state index contributed by atoms with van der Waals surface area (Å²) in [6, 6.07) is 17.1. The van der Waals surface area contributed by atoms with Crippen molar-refractivity contribution in [3.63, 3.8) is 0 Å². The number of hydrogen-bond donors (Lipinski definition) is 0. The molecule has 0 aliphatic carbocycles. The van der Waals surface area contributed by atoms with Crippen LogP contribution in [0.4, 0.5) is 0 Å². The van der Waals surface area contributed by atoms with Crippen molar-refractivity contribution < 1.29 is 0 Å². The van der Waals surface area contributed by atoms with Gasteiger partial charge in [-0.25, -0.2) is 0 Å². The second-order valence-corrected chi connectivity index (χ2v) is 7.30. The molecule has 0 radical (unpaired) electrons. The average molecular weight is 398 g/mol. The van der Waals surface area contributed by atoms with Gasteiger partial charge in [0.1, 0.15) is 0 Å². The van der Waals surface area contributed by atoms with Crippen LogP contribution in [0.5, 0.6) is 0 Å². The fourth-order valence-corrected chi connectivity index (χ4v) is 4.21. The fourth-order valence-electron chi connectivity index (χ4n) is 3.07. The lowest BCUT2D eigenvalue weighted by molar-refractivity contribution is 0.928. The molecule has 0 unspecified atom stereocenters. The average Bonchev–Trinajstić information content (AvgIpc) is 3.25. The van der Waals surface area contributed by atoms with Gasteiger partial charge in [-0.1, -0.05) is 49.7 Å². The van der Waals surface area contributed by atoms with E-state index in [2.05, 4.69) is 85.5 Å². The van der Waals surface area contributed by atoms with Gasteiger partial charge in [0.15, 0.2) is 5.82 Å². The number of rotatable bonds is 4. The molecular weight excluding hydrogens is 382 g/mol. The van der Waals surface area contributed by atoms with Crippen molar-refractivity contribution >= 4 is 38.0 Å². The van der Waals surface area contributed by atoms with Crippen molar-refractivity contribution in [2.45, 2.75) is 19.8 Å². The molecule has 3 nitrogen and oxygen atoms in total. The largest absolute Gasteiger partial charge is 0.268 e. The van der Waals surface area contributed by atoms with Crippen LogP contribution in [0.15, 0.2) is 58.6 Å². The third-order valence-electron chi connectivity index (χ3n) is 4.12. The highest BCUT2D eigenvalue weighted by atomic mass is 79.9. The van der Waals surface area contributed by atoms with Gasteiger partial charge in [0, 0.05) is 5.39 Å². The Kier molecular flexibility index (Phi) is 4.21. The molecule has 0 atom stereocenters. The minimum absolute atomic E-state index is 0.722. The molecule has 0 aliphatic rings. The Hall–Kier alpha value is -1.98. The molecule has 0 bridgehead atoms. The number of halogens is 1. The smallest absolute Gasteiger partial charge is 0.205 e. The van der Waals surface area contributed by atoms with Gasteiger partial charge in [-0.3, -0.25) is 4.57 Å². The van der Waals surface area contributed by atoms with Crippen LogP contribution in [0.3, 0.4) is 0 Å². The van der Waals surface area contributed by atoms with Gasteiger partial charge < -0.3 is 0 Å². The van der Waals surface area contributed by atoms with E-state index in [0.717, 1.165) is 34.0 Å². The van der Waals surface area contributed by atoms with E-state index in [9.17, 15) is 0 Å². The van der Waals surface area contributed by atoms with Crippen LogP contribution < -0.4 is 0 Å². The zero-order chi connectivity index (χ0) is 16.5. The molecule has 2 heterocycles. The van der Waals surface area contributed by atoms with E-state index in [1.807, 2.05) is 6.07 Å². The lowest BCUT2D eigenvalue weighted by atomic mass is 9.99. The van der Waals surface area contributed by atoms with Gasteiger partial charge in [0.05, 0.1) is 10.6 Å². The normalized spacial score (nSPS) is 11.2. The molecule has 120 valence electrons. The lowest BCUT2D eigenvalue weighted by Gasteiger charge is -2.13. The number of nitrogens with zero attached hydrogens (tertiary/aromatic N) is 3. The highest BCUT2D eigenvalue weighted by Crippen LogP contribution is 2.33. The number of fused-ring (bicyclic) bond motifs is 1. The molecule has 0 fully saturated rings. The van der Waals surface area contributed by atoms with E-state index >= 15 is 0 Å². The van der Waals surface area contributed by atoms with E-state index in [0.29, 0.717) is 0 Å². The van der Waals surface area contributed by atoms with Crippen LogP contribution >= 0.6 is 27.3 Å². The highest BCUT2D eigenvalue weighted by molar-refractivity contribution is 9.10. The minimum Gasteiger partial charge on any atom is -0.268 e. The monoisotopic (exact) mass is 397 g/mol. The van der Waals surface area contributed by atoms with E-state index in [-0.39, 0.29) is 0 Å². The van der Waals surface area contributed by atoms with E-state index in [1.54, 1.807) is 11.3 Å². The van der Waals surface area contributed by atoms with Crippen molar-refractivity contribution in [2.75, 3.05) is 0 Å². The molecule has 2 aromatic heterocycles. The topological polar surface area (TPSA) is 30.7 Å². The summed E-state index contributed by atoms with van der Waals surface area (Å²) < 4.78 is 2.81. The molecule has 0 spiro atoms. The van der Waals surface area contributed by atoms with Gasteiger partial charge in [-0.2, -0.15) is 0 Å². The van der Waals surface area contributed by atoms with Crippen LogP contribution in [-0.2, 0) is 6.42 Å². The Labute approximate surface area is 153 Å². The standard InChI is InChI=1S/C19H16BrN3S/c1-2-6-13-10-11-16(15-8-4-3-7-14(13)15)23-18(21-22-19(23)20)17-9-5-12-24-17/h3-5,7-12H,2,6H2,1H3. The molecule has 4 rings (SSSR count). The second-order valence-electron chi connectivity index (χ2n) is 5.64. The zero-order valence-corrected chi connectivity index (χ0v) is 15.6. The van der Waals surface area contributed by atoms with Crippen molar-refractivity contribution in [1.29, 1.82) is 0 Å². The molecule has 0 saturated carbocycles. The van der Waals surface area contributed by atoms with Gasteiger partial charge in [0.2, 0.25) is 4.73 Å². The van der Waals surface area contributed by atoms with Crippen LogP contribution in [0.2, 0.25) is 0 Å². The number of thiophene rings is 1. The van der Waals surface area contributed by atoms with Crippen molar-refractivity contribution in [3.8, 4) is 16.4 Å². The van der Waals surface area contributed by atoms with Gasteiger partial charge in [-0.15, -0.1) is 21.5 Å². The minimum atomic E-state index is 0.722. The second kappa shape index (κ2) is 6.49. The fraction of sp³-hybridized carbons (Fsp3) is 0.158. The first kappa shape index (κ1) is 15.5. The summed E-state index contributed by atoms with van der Waals surface area (Å²) in [6.45, 7) is 2.22. The highest BCUT2D eigenvalue weighted by Gasteiger charge is 2.17. The van der Waals surface area contributed by atoms with Crippen LogP contribution in [0.1, 0.15) is 18.9 Å². The molecule has 2 aromatic carbocycles. The first-order valence-corrected chi connectivity index (χ1v) is 9.62. The SMILES string of the molecule is CCCc1ccc(-n2c(Br)nnc2-c2cccs2)c2ccccc12. The molecule has 0 aliphatic heterocycles. The predicted molar refractivity (Wildman–Crippen MR) is 104 cm³/mol. The summed E-state index contributed by atoms with van der Waals surface area (Å²) in [7, 11) is 0. The van der Waals surface area contributed by atoms with Crippen molar-refractivity contribution in [2.24, 2.45) is 0 Å². The first-order chi connectivity index (χ1) is 11.8. The van der Waals surface area contributed by atoms with Crippen molar-refractivity contribution in [1.82, 2.24) is 14.8 Å². The summed E-state index contributed by atoms with van der Waals surface area (Å²) in [6.07, 6.45) is 2.22. The molecule has 4 aromatic rings. The van der Waals surface area contributed by atoms with Gasteiger partial charge >= 0.3 is 0 Å². The molecule has 0 amide bonds. The number of benzene rings is 2. The summed E-state index contributed by atoms with van der Waals surface area (Å²) >= 11 is 5.24. The van der Waals surface area contributed by atoms with E-state index < -0.39 is 0 Å². The Morgan fingerprint density at radius 3 is 2.58 bits per heavy atom. The number of hydrogen-bond acceptors (Lipinski definition) is 3. The maximum atomic E-state index is 4.38. The summed E-state index contributed by atoms with van der Waals surface area (Å²) in [5.74, 6) is 0.866. The first-order valence-electron chi connectivity index (χ1n) is 7.95. The maximum Gasteiger partial charge on any atom is 0.205 e. The summed E-state index contributed by atoms with van der Waals surface area (Å²) in [5.41, 5.74) is 2.49. The molecule has 24 heavy (non-hydrogen) atoms. The molecule has 0 N–H and O–H groups in total. The Balaban J connectivity index is 1.99. The maximum absolute atomic E-state index is 4.38. The van der Waals surface area contributed by atoms with E-state index in [1.165, 1.54) is 16.3 Å². The molecular formula is C19H16BrN3S. The predicted octanol–water partition coefficient (Wildman–Crippen LogP) is 5.86. The van der Waals surface area contributed by atoms with Gasteiger partial charge in [-0.05, 0) is 50.8 Å². The number of aromatic nitrogens is 3. The van der Waals surface area contributed by atoms with Crippen LogP contribution in [0, 0.1) is 0 Å². The van der Waals surface area contributed by atoms with Crippen molar-refractivity contribution in [3.05, 3.63) is 64.2 Å². The summed E-state index contributed by atoms with van der Waals surface area (Å²) in [5, 5.41) is 13.2. The van der Waals surface area contributed by atoms with E-state index in [4.69, 9.17) is 0 Å². The van der Waals surface area contributed by atoms with Crippen LogP contribution in [0.25, 0.3) is 27.2 Å². The Morgan fingerprint density at radius 2 is 1.83 bits per heavy atom.